The summed E-state index contributed by atoms with van der Waals surface area (Å²) in [5.41, 5.74) is 0.276. The maximum absolute atomic E-state index is 11.9. The molecule has 0 unspecified atom stereocenters. The van der Waals surface area contributed by atoms with Gasteiger partial charge in [-0.3, -0.25) is 10.1 Å². The fourth-order valence-corrected chi connectivity index (χ4v) is 2.58. The Morgan fingerprint density at radius 3 is 2.44 bits per heavy atom. The van der Waals surface area contributed by atoms with E-state index in [1.54, 1.807) is 0 Å². The monoisotopic (exact) mass is 382 g/mol. The fourth-order valence-electron chi connectivity index (χ4n) is 1.77. The summed E-state index contributed by atoms with van der Waals surface area (Å²) < 4.78 is 33.2. The van der Waals surface area contributed by atoms with Crippen molar-refractivity contribution in [1.82, 2.24) is 15.0 Å². The van der Waals surface area contributed by atoms with Crippen molar-refractivity contribution in [2.75, 3.05) is 0 Å². The Morgan fingerprint density at radius 1 is 1.04 bits per heavy atom. The number of aromatic nitrogens is 3. The van der Waals surface area contributed by atoms with Gasteiger partial charge in [0.2, 0.25) is 0 Å². The highest BCUT2D eigenvalue weighted by atomic mass is 35.5. The van der Waals surface area contributed by atoms with Crippen LogP contribution in [0.1, 0.15) is 0 Å². The zero-order valence-electron chi connectivity index (χ0n) is 12.1. The van der Waals surface area contributed by atoms with Crippen LogP contribution in [0.4, 0.5) is 5.69 Å². The molecule has 0 saturated carbocycles. The molecule has 0 fully saturated rings. The zero-order valence-corrected chi connectivity index (χ0v) is 13.6. The molecule has 0 N–H and O–H groups in total. The third-order valence-electron chi connectivity index (χ3n) is 2.78. The smallest absolute Gasteiger partial charge is 0.353 e. The number of nitrogens with zero attached hydrogens (tertiary/aromatic N) is 4. The van der Waals surface area contributed by atoms with Gasteiger partial charge < -0.3 is 8.37 Å². The van der Waals surface area contributed by atoms with E-state index in [-0.39, 0.29) is 33.6 Å². The van der Waals surface area contributed by atoms with Gasteiger partial charge in [0.1, 0.15) is 16.4 Å². The van der Waals surface area contributed by atoms with Gasteiger partial charge in [-0.05, 0) is 24.3 Å². The van der Waals surface area contributed by atoms with Crippen LogP contribution >= 0.6 is 11.6 Å². The van der Waals surface area contributed by atoms with E-state index in [4.69, 9.17) is 20.0 Å². The van der Waals surface area contributed by atoms with Crippen molar-refractivity contribution in [2.45, 2.75) is 0 Å². The Labute approximate surface area is 145 Å². The molecule has 0 aliphatic rings. The molecule has 128 valence electrons. The first-order chi connectivity index (χ1) is 11.8. The summed E-state index contributed by atoms with van der Waals surface area (Å²) in [7, 11) is -4.52. The lowest BCUT2D eigenvalue weighted by Gasteiger charge is -2.07. The molecule has 3 rings (SSSR count). The van der Waals surface area contributed by atoms with Crippen LogP contribution in [-0.4, -0.2) is 28.3 Å². The Hall–Kier alpha value is -3.05. The second-order valence-electron chi connectivity index (χ2n) is 4.51. The summed E-state index contributed by atoms with van der Waals surface area (Å²) in [5, 5.41) is 10.8. The number of nitro benzene ring substituents is 1. The number of fused-ring (bicyclic) bond motifs is 1. The van der Waals surface area contributed by atoms with Gasteiger partial charge in [-0.2, -0.15) is 0 Å². The third kappa shape index (κ3) is 4.08. The SMILES string of the molecule is O=[N+]([O-])c1ccc(OS(=O)(=O)Oc2cnc3nc(Cl)ccc3n2)cc1. The maximum Gasteiger partial charge on any atom is 0.502 e. The first-order valence-corrected chi connectivity index (χ1v) is 8.21. The maximum atomic E-state index is 11.9. The van der Waals surface area contributed by atoms with Crippen LogP contribution in [-0.2, 0) is 10.4 Å². The van der Waals surface area contributed by atoms with Crippen LogP contribution in [0.3, 0.4) is 0 Å². The van der Waals surface area contributed by atoms with E-state index in [1.165, 1.54) is 12.1 Å². The number of halogens is 1. The molecular weight excluding hydrogens is 376 g/mol. The van der Waals surface area contributed by atoms with Crippen LogP contribution in [0.5, 0.6) is 11.6 Å². The first-order valence-electron chi connectivity index (χ1n) is 6.50. The molecule has 2 aromatic heterocycles. The van der Waals surface area contributed by atoms with E-state index in [2.05, 4.69) is 15.0 Å². The lowest BCUT2D eigenvalue weighted by Crippen LogP contribution is -2.17. The van der Waals surface area contributed by atoms with E-state index in [0.717, 1.165) is 30.5 Å². The molecule has 12 heteroatoms. The van der Waals surface area contributed by atoms with Gasteiger partial charge in [0.15, 0.2) is 5.65 Å². The van der Waals surface area contributed by atoms with Crippen molar-refractivity contribution in [1.29, 1.82) is 0 Å². The van der Waals surface area contributed by atoms with E-state index in [9.17, 15) is 18.5 Å². The molecule has 0 radical (unpaired) electrons. The van der Waals surface area contributed by atoms with Gasteiger partial charge in [-0.25, -0.2) is 15.0 Å². The highest BCUT2D eigenvalue weighted by Crippen LogP contribution is 2.21. The quantitative estimate of drug-likeness (QED) is 0.370. The molecule has 0 amide bonds. The van der Waals surface area contributed by atoms with Crippen LogP contribution < -0.4 is 8.37 Å². The molecule has 0 atom stereocenters. The van der Waals surface area contributed by atoms with E-state index < -0.39 is 15.3 Å². The fraction of sp³-hybridized carbons (Fsp3) is 0. The van der Waals surface area contributed by atoms with Gasteiger partial charge in [0.25, 0.3) is 11.6 Å². The van der Waals surface area contributed by atoms with Gasteiger partial charge in [-0.1, -0.05) is 11.6 Å². The van der Waals surface area contributed by atoms with Gasteiger partial charge in [0.05, 0.1) is 11.1 Å². The Morgan fingerprint density at radius 2 is 1.76 bits per heavy atom. The number of hydrogen-bond donors (Lipinski definition) is 0. The number of benzene rings is 1. The van der Waals surface area contributed by atoms with Crippen molar-refractivity contribution in [3.05, 3.63) is 57.9 Å². The minimum atomic E-state index is -4.52. The predicted octanol–water partition coefficient (Wildman–Crippen LogP) is 2.29. The average Bonchev–Trinajstić information content (AvgIpc) is 2.54. The topological polar surface area (TPSA) is 134 Å². The van der Waals surface area contributed by atoms with Crippen LogP contribution in [0.2, 0.25) is 5.15 Å². The number of pyridine rings is 1. The van der Waals surface area contributed by atoms with Crippen molar-refractivity contribution in [2.24, 2.45) is 0 Å². The summed E-state index contributed by atoms with van der Waals surface area (Å²) in [5.74, 6) is -0.494. The summed E-state index contributed by atoms with van der Waals surface area (Å²) in [6.45, 7) is 0. The Bertz CT molecular complexity index is 1060. The van der Waals surface area contributed by atoms with Gasteiger partial charge >= 0.3 is 10.4 Å². The number of hydrogen-bond acceptors (Lipinski definition) is 9. The highest BCUT2D eigenvalue weighted by molar-refractivity contribution is 7.82. The van der Waals surface area contributed by atoms with Gasteiger partial charge in [-0.15, -0.1) is 8.42 Å². The lowest BCUT2D eigenvalue weighted by atomic mass is 10.3. The minimum absolute atomic E-state index is 0.159. The molecule has 1 aromatic carbocycles. The number of non-ortho nitro benzene ring substituents is 1. The normalized spacial score (nSPS) is 11.2. The largest absolute Gasteiger partial charge is 0.502 e. The first kappa shape index (κ1) is 16.8. The minimum Gasteiger partial charge on any atom is -0.353 e. The van der Waals surface area contributed by atoms with Crippen molar-refractivity contribution in [3.8, 4) is 11.6 Å². The summed E-state index contributed by atoms with van der Waals surface area (Å²) >= 11 is 5.72. The molecule has 3 aromatic rings. The van der Waals surface area contributed by atoms with E-state index >= 15 is 0 Å². The molecular formula is C13H7ClN4O6S. The van der Waals surface area contributed by atoms with E-state index in [1.807, 2.05) is 0 Å². The van der Waals surface area contributed by atoms with Crippen molar-refractivity contribution in [3.63, 3.8) is 0 Å². The molecule has 2 heterocycles. The van der Waals surface area contributed by atoms with Crippen LogP contribution in [0.15, 0.2) is 42.6 Å². The van der Waals surface area contributed by atoms with Crippen LogP contribution in [0, 0.1) is 10.1 Å². The number of rotatable bonds is 5. The summed E-state index contributed by atoms with van der Waals surface area (Å²) in [4.78, 5) is 21.7. The Kier molecular flexibility index (Phi) is 4.33. The molecule has 0 saturated heterocycles. The average molecular weight is 383 g/mol. The number of nitro groups is 1. The molecule has 0 bridgehead atoms. The Balaban J connectivity index is 1.78. The predicted molar refractivity (Wildman–Crippen MR) is 85.6 cm³/mol. The second kappa shape index (κ2) is 6.45. The molecule has 10 nitrogen and oxygen atoms in total. The summed E-state index contributed by atoms with van der Waals surface area (Å²) in [6, 6.07) is 7.39. The van der Waals surface area contributed by atoms with Crippen molar-refractivity contribution >= 4 is 38.9 Å². The molecule has 0 aliphatic carbocycles. The molecule has 0 spiro atoms. The van der Waals surface area contributed by atoms with Crippen LogP contribution in [0.25, 0.3) is 11.2 Å². The molecule has 0 aliphatic heterocycles. The van der Waals surface area contributed by atoms with Crippen molar-refractivity contribution < 1.29 is 21.7 Å². The molecule has 25 heavy (non-hydrogen) atoms. The third-order valence-corrected chi connectivity index (χ3v) is 3.76. The van der Waals surface area contributed by atoms with Gasteiger partial charge in [0, 0.05) is 12.1 Å². The second-order valence-corrected chi connectivity index (χ2v) is 6.05. The zero-order chi connectivity index (χ0) is 18.0. The lowest BCUT2D eigenvalue weighted by molar-refractivity contribution is -0.384. The summed E-state index contributed by atoms with van der Waals surface area (Å²) in [6.07, 6.45) is 1.04. The van der Waals surface area contributed by atoms with E-state index in [0.29, 0.717) is 0 Å². The standard InChI is InChI=1S/C13H7ClN4O6S/c14-11-6-5-10-13(17-11)15-7-12(16-10)24-25(21,22)23-9-3-1-8(2-4-9)18(19)20/h1-7H. The highest BCUT2D eigenvalue weighted by Gasteiger charge is 2.18.